The number of alkyl halides is 2. The minimum Gasteiger partial charge on any atom is -0.385 e. The number of aliphatic imine (C=N–C) groups is 1. The first-order valence-corrected chi connectivity index (χ1v) is 8.80. The lowest BCUT2D eigenvalue weighted by Gasteiger charge is -2.33. The molecular formula is C18H14ClF3N6O. The van der Waals surface area contributed by atoms with Gasteiger partial charge < -0.3 is 15.8 Å². The van der Waals surface area contributed by atoms with Crippen LogP contribution in [0.15, 0.2) is 41.8 Å². The number of ether oxygens (including phenoxy) is 1. The molecule has 3 aromatic rings. The molecule has 0 saturated carbocycles. The molecule has 0 fully saturated rings. The van der Waals surface area contributed by atoms with Gasteiger partial charge in [0.25, 0.3) is 6.43 Å². The Morgan fingerprint density at radius 2 is 2.03 bits per heavy atom. The number of nitrogens with zero attached hydrogens (tertiary/aromatic N) is 4. The molecule has 0 radical (unpaired) electrons. The predicted octanol–water partition coefficient (Wildman–Crippen LogP) is 3.41. The zero-order chi connectivity index (χ0) is 20.6. The van der Waals surface area contributed by atoms with Gasteiger partial charge in [-0.05, 0) is 24.3 Å². The second-order valence-electron chi connectivity index (χ2n) is 6.38. The molecule has 3 N–H and O–H groups in total. The maximum Gasteiger partial charge on any atom is 0.269 e. The number of aromatic nitrogens is 3. The average molecular weight is 423 g/mol. The van der Waals surface area contributed by atoms with E-state index in [2.05, 4.69) is 25.3 Å². The van der Waals surface area contributed by atoms with E-state index in [-0.39, 0.29) is 18.0 Å². The summed E-state index contributed by atoms with van der Waals surface area (Å²) in [7, 11) is 0. The topological polar surface area (TPSA) is 98.3 Å². The van der Waals surface area contributed by atoms with Gasteiger partial charge in [-0.25, -0.2) is 28.1 Å². The molecule has 1 aromatic carbocycles. The Labute approximate surface area is 167 Å². The second kappa shape index (κ2) is 7.45. The van der Waals surface area contributed by atoms with Crippen molar-refractivity contribution < 1.29 is 17.9 Å². The minimum atomic E-state index is -3.03. The van der Waals surface area contributed by atoms with Gasteiger partial charge in [0.05, 0.1) is 17.1 Å². The van der Waals surface area contributed by atoms with Gasteiger partial charge in [0.1, 0.15) is 30.1 Å². The SMILES string of the molecule is NC1=N[C@@](c2cc(Nc3ncnc4cc(Cl)cnc34)ccc2F)(C(F)F)COC1. The molecule has 3 heterocycles. The van der Waals surface area contributed by atoms with E-state index in [4.69, 9.17) is 22.1 Å². The third-order valence-corrected chi connectivity index (χ3v) is 4.62. The molecule has 7 nitrogen and oxygen atoms in total. The van der Waals surface area contributed by atoms with E-state index < -0.39 is 24.4 Å². The smallest absolute Gasteiger partial charge is 0.269 e. The number of benzene rings is 1. The fourth-order valence-electron chi connectivity index (χ4n) is 3.08. The van der Waals surface area contributed by atoms with Gasteiger partial charge in [-0.1, -0.05) is 11.6 Å². The fourth-order valence-corrected chi connectivity index (χ4v) is 3.23. The summed E-state index contributed by atoms with van der Waals surface area (Å²) >= 11 is 5.92. The Bertz CT molecular complexity index is 1110. The van der Waals surface area contributed by atoms with Crippen LogP contribution in [-0.2, 0) is 10.3 Å². The zero-order valence-corrected chi connectivity index (χ0v) is 15.5. The van der Waals surface area contributed by atoms with Gasteiger partial charge in [-0.2, -0.15) is 0 Å². The van der Waals surface area contributed by atoms with E-state index in [1.807, 2.05) is 0 Å². The number of nitrogens with one attached hydrogen (secondary N) is 1. The summed E-state index contributed by atoms with van der Waals surface area (Å²) in [5, 5.41) is 3.35. The number of nitrogens with two attached hydrogens (primary N) is 1. The van der Waals surface area contributed by atoms with Gasteiger partial charge in [-0.3, -0.25) is 4.99 Å². The highest BCUT2D eigenvalue weighted by atomic mass is 35.5. The van der Waals surface area contributed by atoms with Crippen LogP contribution in [0, 0.1) is 5.82 Å². The van der Waals surface area contributed by atoms with Gasteiger partial charge in [0.2, 0.25) is 0 Å². The van der Waals surface area contributed by atoms with Crippen molar-refractivity contribution in [3.05, 3.63) is 53.2 Å². The third kappa shape index (κ3) is 3.56. The Hall–Kier alpha value is -2.98. The molecule has 4 rings (SSSR count). The van der Waals surface area contributed by atoms with Crippen LogP contribution in [-0.4, -0.2) is 40.4 Å². The Morgan fingerprint density at radius 1 is 1.21 bits per heavy atom. The number of rotatable bonds is 4. The molecule has 1 atom stereocenters. The Morgan fingerprint density at radius 3 is 2.79 bits per heavy atom. The standard InChI is InChI=1S/C18H14ClF3N6O/c19-9-3-13-15(24-5-9)16(26-8-25-13)27-10-1-2-12(20)11(4-10)18(17(21)22)7-29-6-14(23)28-18/h1-5,8,17H,6-7H2,(H2,23,28)(H,25,26,27)/t18-/m0/s1. The van der Waals surface area contributed by atoms with Crippen LogP contribution in [0.25, 0.3) is 11.0 Å². The van der Waals surface area contributed by atoms with Gasteiger partial charge in [0, 0.05) is 17.4 Å². The lowest BCUT2D eigenvalue weighted by molar-refractivity contribution is -0.0145. The molecule has 150 valence electrons. The number of anilines is 2. The van der Waals surface area contributed by atoms with E-state index in [1.54, 1.807) is 6.07 Å². The molecule has 0 unspecified atom stereocenters. The van der Waals surface area contributed by atoms with Crippen molar-refractivity contribution in [2.24, 2.45) is 10.7 Å². The zero-order valence-electron chi connectivity index (χ0n) is 14.7. The first kappa shape index (κ1) is 19.3. The quantitative estimate of drug-likeness (QED) is 0.668. The lowest BCUT2D eigenvalue weighted by Crippen LogP contribution is -2.45. The summed E-state index contributed by atoms with van der Waals surface area (Å²) in [6.07, 6.45) is -0.306. The van der Waals surface area contributed by atoms with E-state index in [1.165, 1.54) is 24.7 Å². The summed E-state index contributed by atoms with van der Waals surface area (Å²) in [6, 6.07) is 5.29. The van der Waals surface area contributed by atoms with Crippen LogP contribution < -0.4 is 11.1 Å². The molecule has 0 saturated heterocycles. The van der Waals surface area contributed by atoms with Gasteiger partial charge >= 0.3 is 0 Å². The number of hydrogen-bond acceptors (Lipinski definition) is 7. The van der Waals surface area contributed by atoms with Gasteiger partial charge in [0.15, 0.2) is 11.4 Å². The molecule has 11 heteroatoms. The van der Waals surface area contributed by atoms with E-state index >= 15 is 0 Å². The second-order valence-corrected chi connectivity index (χ2v) is 6.82. The van der Waals surface area contributed by atoms with Crippen molar-refractivity contribution in [3.63, 3.8) is 0 Å². The van der Waals surface area contributed by atoms with Crippen molar-refractivity contribution in [2.75, 3.05) is 18.5 Å². The van der Waals surface area contributed by atoms with Crippen molar-refractivity contribution in [2.45, 2.75) is 12.0 Å². The summed E-state index contributed by atoms with van der Waals surface area (Å²) in [4.78, 5) is 16.2. The van der Waals surface area contributed by atoms with E-state index in [9.17, 15) is 13.2 Å². The lowest BCUT2D eigenvalue weighted by atomic mass is 9.90. The van der Waals surface area contributed by atoms with Crippen molar-refractivity contribution >= 4 is 40.0 Å². The van der Waals surface area contributed by atoms with E-state index in [0.717, 1.165) is 6.07 Å². The largest absolute Gasteiger partial charge is 0.385 e. The first-order valence-electron chi connectivity index (χ1n) is 8.42. The average Bonchev–Trinajstić information content (AvgIpc) is 2.69. The Kier molecular flexibility index (Phi) is 4.97. The maximum atomic E-state index is 14.5. The Balaban J connectivity index is 1.78. The highest BCUT2D eigenvalue weighted by molar-refractivity contribution is 6.31. The fraction of sp³-hybridized carbons (Fsp3) is 0.222. The molecule has 0 aliphatic carbocycles. The normalized spacial score (nSPS) is 19.4. The number of pyridine rings is 1. The van der Waals surface area contributed by atoms with Crippen molar-refractivity contribution in [1.29, 1.82) is 0 Å². The van der Waals surface area contributed by atoms with Crippen LogP contribution in [0.1, 0.15) is 5.56 Å². The van der Waals surface area contributed by atoms with Crippen molar-refractivity contribution in [1.82, 2.24) is 15.0 Å². The molecule has 1 aliphatic heterocycles. The molecule has 2 aromatic heterocycles. The highest BCUT2D eigenvalue weighted by Crippen LogP contribution is 2.38. The van der Waals surface area contributed by atoms with Gasteiger partial charge in [-0.15, -0.1) is 0 Å². The van der Waals surface area contributed by atoms with Crippen molar-refractivity contribution in [3.8, 4) is 0 Å². The molecular weight excluding hydrogens is 409 g/mol. The maximum absolute atomic E-state index is 14.5. The number of hydrogen-bond donors (Lipinski definition) is 2. The molecule has 0 amide bonds. The number of halogens is 4. The molecule has 1 aliphatic rings. The van der Waals surface area contributed by atoms with Crippen LogP contribution in [0.4, 0.5) is 24.7 Å². The van der Waals surface area contributed by atoms with Crippen LogP contribution >= 0.6 is 11.6 Å². The van der Waals surface area contributed by atoms with Crippen LogP contribution in [0.3, 0.4) is 0 Å². The molecule has 0 bridgehead atoms. The minimum absolute atomic E-state index is 0.0881. The molecule has 0 spiro atoms. The highest BCUT2D eigenvalue weighted by Gasteiger charge is 2.46. The predicted molar refractivity (Wildman–Crippen MR) is 102 cm³/mol. The third-order valence-electron chi connectivity index (χ3n) is 4.41. The van der Waals surface area contributed by atoms with Crippen LogP contribution in [0.5, 0.6) is 0 Å². The monoisotopic (exact) mass is 422 g/mol. The summed E-state index contributed by atoms with van der Waals surface area (Å²) < 4.78 is 47.6. The number of amidine groups is 1. The first-order chi connectivity index (χ1) is 13.9. The van der Waals surface area contributed by atoms with E-state index in [0.29, 0.717) is 27.6 Å². The molecule has 29 heavy (non-hydrogen) atoms. The number of fused-ring (bicyclic) bond motifs is 1. The summed E-state index contributed by atoms with van der Waals surface area (Å²) in [5.74, 6) is -0.675. The summed E-state index contributed by atoms with van der Waals surface area (Å²) in [5.41, 5.74) is 4.22. The summed E-state index contributed by atoms with van der Waals surface area (Å²) in [6.45, 7) is -0.586. The van der Waals surface area contributed by atoms with Crippen LogP contribution in [0.2, 0.25) is 5.02 Å².